The number of hydrogen-bond donors (Lipinski definition) is 0. The lowest BCUT2D eigenvalue weighted by atomic mass is 10.1. The molecule has 0 saturated heterocycles. The van der Waals surface area contributed by atoms with Crippen molar-refractivity contribution in [1.29, 1.82) is 0 Å². The molecule has 258 valence electrons. The van der Waals surface area contributed by atoms with Crippen molar-refractivity contribution in [1.82, 2.24) is 29.1 Å². The van der Waals surface area contributed by atoms with Crippen LogP contribution in [-0.4, -0.2) is 29.1 Å². The van der Waals surface area contributed by atoms with E-state index in [0.717, 1.165) is 33.4 Å². The maximum absolute atomic E-state index is 6.31. The van der Waals surface area contributed by atoms with Gasteiger partial charge in [0.2, 0.25) is 12.7 Å². The number of nitrogens with zero attached hydrogens (tertiary/aromatic N) is 8. The molecule has 0 bridgehead atoms. The van der Waals surface area contributed by atoms with E-state index >= 15 is 0 Å². The molecule has 10 nitrogen and oxygen atoms in total. The van der Waals surface area contributed by atoms with E-state index in [0.29, 0.717) is 34.4 Å². The number of fused-ring (bicyclic) bond motifs is 2. The smallest absolute Gasteiger partial charge is 0.244 e. The van der Waals surface area contributed by atoms with Gasteiger partial charge >= 0.3 is 0 Å². The molecule has 8 aromatic rings. The molecular formula is C42H38N8O2. The zero-order valence-electron chi connectivity index (χ0n) is 29.9. The Morgan fingerprint density at radius 1 is 0.519 bits per heavy atom. The first-order chi connectivity index (χ1) is 25.0. The van der Waals surface area contributed by atoms with Crippen molar-refractivity contribution in [3.8, 4) is 45.8 Å². The lowest BCUT2D eigenvalue weighted by Gasteiger charge is -2.18. The van der Waals surface area contributed by atoms with E-state index in [4.69, 9.17) is 9.47 Å². The summed E-state index contributed by atoms with van der Waals surface area (Å²) in [5.41, 5.74) is 6.89. The van der Waals surface area contributed by atoms with Crippen LogP contribution in [0.1, 0.15) is 41.5 Å². The molecule has 0 spiro atoms. The van der Waals surface area contributed by atoms with Gasteiger partial charge in [0.15, 0.2) is 0 Å². The van der Waals surface area contributed by atoms with E-state index in [9.17, 15) is 0 Å². The lowest BCUT2D eigenvalue weighted by molar-refractivity contribution is -0.574. The van der Waals surface area contributed by atoms with Crippen molar-refractivity contribution in [2.75, 3.05) is 0 Å². The van der Waals surface area contributed by atoms with Gasteiger partial charge in [-0.2, -0.15) is 0 Å². The van der Waals surface area contributed by atoms with E-state index in [1.165, 1.54) is 0 Å². The number of para-hydroxylation sites is 4. The first-order valence-corrected chi connectivity index (χ1v) is 17.1. The van der Waals surface area contributed by atoms with Gasteiger partial charge in [0, 0.05) is 36.9 Å². The summed E-state index contributed by atoms with van der Waals surface area (Å²) in [7, 11) is 0. The summed E-state index contributed by atoms with van der Waals surface area (Å²) in [5, 5.41) is 0. The third kappa shape index (κ3) is 6.35. The van der Waals surface area contributed by atoms with E-state index in [-0.39, 0.29) is 11.1 Å². The van der Waals surface area contributed by atoms with E-state index in [1.807, 2.05) is 82.2 Å². The molecule has 0 aliphatic rings. The molecule has 8 rings (SSSR count). The first-order valence-electron chi connectivity index (χ1n) is 17.1. The zero-order chi connectivity index (χ0) is 36.0. The van der Waals surface area contributed by atoms with Crippen LogP contribution in [0.2, 0.25) is 0 Å². The van der Waals surface area contributed by atoms with Crippen LogP contribution in [0.5, 0.6) is 23.0 Å². The zero-order valence-corrected chi connectivity index (χ0v) is 29.9. The van der Waals surface area contributed by atoms with Crippen molar-refractivity contribution in [3.63, 3.8) is 0 Å². The standard InChI is InChI=1S/C42H38N8O2/c1-41(2,3)49-27-47(37-11-7-9-13-39(37)49)29-19-33(25-43-23-29)51-31-15-17-45-35(21-31)36-22-32(16-18-46-36)52-34-20-30(24-44-26-34)48-28-50(42(4,5)6)40-14-10-8-12-38(40)48/h7-26H,1-6H3. The highest BCUT2D eigenvalue weighted by atomic mass is 16.5. The number of rotatable bonds is 7. The fourth-order valence-corrected chi connectivity index (χ4v) is 6.19. The predicted octanol–water partition coefficient (Wildman–Crippen LogP) is 8.09. The molecule has 0 radical (unpaired) electrons. The highest BCUT2D eigenvalue weighted by Gasteiger charge is 2.22. The molecular weight excluding hydrogens is 649 g/mol. The topological polar surface area (TPSA) is 87.6 Å². The highest BCUT2D eigenvalue weighted by Crippen LogP contribution is 2.30. The van der Waals surface area contributed by atoms with E-state index in [2.05, 4.69) is 108 Å². The molecule has 10 heteroatoms. The number of hydrogen-bond acceptors (Lipinski definition) is 6. The summed E-state index contributed by atoms with van der Waals surface area (Å²) in [4.78, 5) is 18.1. The van der Waals surface area contributed by atoms with Crippen LogP contribution in [0, 0.1) is 12.7 Å². The quantitative estimate of drug-likeness (QED) is 0.124. The minimum atomic E-state index is -0.149. The Balaban J connectivity index is 1.04. The summed E-state index contributed by atoms with van der Waals surface area (Å²) in [5.74, 6) is 2.37. The Morgan fingerprint density at radius 3 is 1.37 bits per heavy atom. The summed E-state index contributed by atoms with van der Waals surface area (Å²) >= 11 is 0. The molecule has 0 saturated carbocycles. The Bertz CT molecular complexity index is 2400. The minimum absolute atomic E-state index is 0.149. The number of pyridine rings is 4. The van der Waals surface area contributed by atoms with Crippen molar-refractivity contribution >= 4 is 22.1 Å². The molecule has 2 aromatic carbocycles. The average Bonchev–Trinajstić information content (AvgIpc) is 3.73. The Kier molecular flexibility index (Phi) is 8.02. The maximum atomic E-state index is 6.31. The molecule has 0 amide bonds. The van der Waals surface area contributed by atoms with Gasteiger partial charge in [-0.25, -0.2) is 0 Å². The average molecular weight is 687 g/mol. The Labute approximate surface area is 302 Å². The van der Waals surface area contributed by atoms with Gasteiger partial charge in [-0.1, -0.05) is 48.5 Å². The first kappa shape index (κ1) is 32.8. The summed E-state index contributed by atoms with van der Waals surface area (Å²) in [6.07, 6.45) is 17.4. The molecule has 0 aliphatic carbocycles. The van der Waals surface area contributed by atoms with Crippen LogP contribution in [0.3, 0.4) is 0 Å². The SMILES string of the molecule is CC(C)(C)n1[c-][n+](-c2cncc(Oc3ccnc(-c4cc(Oc5cncc(-[n+]6[c-]n(C(C)(C)C)c7ccccc76)c5)ccn4)c3)c2)c2ccccc21. The van der Waals surface area contributed by atoms with Crippen LogP contribution >= 0.6 is 0 Å². The highest BCUT2D eigenvalue weighted by molar-refractivity contribution is 5.73. The van der Waals surface area contributed by atoms with Crippen LogP contribution in [0.15, 0.2) is 122 Å². The van der Waals surface area contributed by atoms with Gasteiger partial charge in [-0.15, -0.1) is 0 Å². The second-order valence-electron chi connectivity index (χ2n) is 14.6. The molecule has 52 heavy (non-hydrogen) atoms. The fourth-order valence-electron chi connectivity index (χ4n) is 6.19. The fraction of sp³-hybridized carbons (Fsp3) is 0.190. The Hall–Kier alpha value is -6.42. The summed E-state index contributed by atoms with van der Waals surface area (Å²) < 4.78 is 20.9. The van der Waals surface area contributed by atoms with Crippen molar-refractivity contribution in [3.05, 3.63) is 135 Å². The molecule has 6 heterocycles. The largest absolute Gasteiger partial charge is 0.456 e. The number of ether oxygens (including phenoxy) is 2. The van der Waals surface area contributed by atoms with Crippen LogP contribution < -0.4 is 18.6 Å². The monoisotopic (exact) mass is 686 g/mol. The number of imidazole rings is 2. The number of aromatic nitrogens is 8. The van der Waals surface area contributed by atoms with Crippen LogP contribution in [-0.2, 0) is 11.1 Å². The third-order valence-electron chi connectivity index (χ3n) is 8.58. The second-order valence-corrected chi connectivity index (χ2v) is 14.6. The molecule has 0 N–H and O–H groups in total. The lowest BCUT2D eigenvalue weighted by Crippen LogP contribution is -2.31. The third-order valence-corrected chi connectivity index (χ3v) is 8.58. The predicted molar refractivity (Wildman–Crippen MR) is 198 cm³/mol. The van der Waals surface area contributed by atoms with Gasteiger partial charge in [0.05, 0.1) is 68.3 Å². The van der Waals surface area contributed by atoms with Crippen molar-refractivity contribution in [2.45, 2.75) is 52.6 Å². The maximum Gasteiger partial charge on any atom is 0.244 e. The van der Waals surface area contributed by atoms with Gasteiger partial charge in [-0.05, 0) is 65.8 Å². The van der Waals surface area contributed by atoms with E-state index < -0.39 is 0 Å². The molecule has 6 aromatic heterocycles. The second kappa shape index (κ2) is 12.7. The summed E-state index contributed by atoms with van der Waals surface area (Å²) in [6, 6.07) is 27.7. The van der Waals surface area contributed by atoms with Crippen LogP contribution in [0.25, 0.3) is 44.8 Å². The minimum Gasteiger partial charge on any atom is -0.456 e. The van der Waals surface area contributed by atoms with Crippen molar-refractivity contribution in [2.24, 2.45) is 0 Å². The van der Waals surface area contributed by atoms with E-state index in [1.54, 1.807) is 24.8 Å². The molecule has 0 fully saturated rings. The van der Waals surface area contributed by atoms with Gasteiger partial charge in [0.1, 0.15) is 23.0 Å². The van der Waals surface area contributed by atoms with Gasteiger partial charge in [-0.3, -0.25) is 19.9 Å². The summed E-state index contributed by atoms with van der Waals surface area (Å²) in [6.45, 7) is 13.0. The van der Waals surface area contributed by atoms with Crippen LogP contribution in [0.4, 0.5) is 0 Å². The Morgan fingerprint density at radius 2 is 0.942 bits per heavy atom. The molecule has 0 unspecified atom stereocenters. The number of benzene rings is 2. The van der Waals surface area contributed by atoms with Gasteiger partial charge in [0.25, 0.3) is 0 Å². The van der Waals surface area contributed by atoms with Gasteiger partial charge < -0.3 is 27.7 Å². The van der Waals surface area contributed by atoms with Crippen molar-refractivity contribution < 1.29 is 18.6 Å². The normalized spacial score (nSPS) is 12.0. The molecule has 0 atom stereocenters. The molecule has 0 aliphatic heterocycles.